The largest absolute Gasteiger partial charge is 0.504 e. The molecule has 196 valence electrons. The van der Waals surface area contributed by atoms with Gasteiger partial charge in [-0.25, -0.2) is 0 Å². The Bertz CT molecular complexity index is 1200. The van der Waals surface area contributed by atoms with Gasteiger partial charge in [-0.15, -0.1) is 0 Å². The standard InChI is InChI=1S/C29H38O7/c1-13-17-15(30)12-25(4)21(24(17,3)11-16(31)18(13)32)19-22(35-19)29-20-14(2)26(5,34)7-9-28(20,23(33)36-29)10-8-27(25,29)6/h11,14-15,19-22,30-31,34H,7-10,12H2,1-6H3/t14-,15-,19+,20-,21-,22+,24+,25-,26+,27+,28+,29-/m1/s1. The quantitative estimate of drug-likeness (QED) is 0.346. The van der Waals surface area contributed by atoms with E-state index in [1.54, 1.807) is 13.0 Å². The van der Waals surface area contributed by atoms with Crippen LogP contribution in [0.4, 0.5) is 0 Å². The first-order chi connectivity index (χ1) is 16.6. The van der Waals surface area contributed by atoms with Gasteiger partial charge in [0.2, 0.25) is 5.78 Å². The molecular formula is C29H38O7. The van der Waals surface area contributed by atoms with E-state index in [4.69, 9.17) is 9.47 Å². The zero-order chi connectivity index (χ0) is 26.0. The number of fused-ring (bicyclic) bond motifs is 6. The number of hydrogen-bond acceptors (Lipinski definition) is 7. The number of allylic oxidation sites excluding steroid dienone is 2. The first kappa shape index (κ1) is 23.4. The van der Waals surface area contributed by atoms with E-state index in [1.807, 2.05) is 13.8 Å². The fourth-order valence-electron chi connectivity index (χ4n) is 11.1. The Morgan fingerprint density at radius 3 is 2.39 bits per heavy atom. The number of aliphatic hydroxyl groups is 3. The summed E-state index contributed by atoms with van der Waals surface area (Å²) < 4.78 is 13.2. The third-order valence-corrected chi connectivity index (χ3v) is 13.0. The second kappa shape index (κ2) is 6.13. The molecule has 7 heteroatoms. The third kappa shape index (κ3) is 2.08. The van der Waals surface area contributed by atoms with Crippen molar-refractivity contribution in [3.05, 3.63) is 23.0 Å². The van der Waals surface area contributed by atoms with Crippen molar-refractivity contribution in [1.82, 2.24) is 0 Å². The summed E-state index contributed by atoms with van der Waals surface area (Å²) in [4.78, 5) is 26.5. The molecule has 2 heterocycles. The van der Waals surface area contributed by atoms with Gasteiger partial charge in [0.25, 0.3) is 0 Å². The average Bonchev–Trinajstić information content (AvgIpc) is 3.52. The minimum Gasteiger partial charge on any atom is -0.504 e. The first-order valence-electron chi connectivity index (χ1n) is 13.6. The number of carbonyl (C=O) groups is 2. The number of ether oxygens (including phenoxy) is 2. The summed E-state index contributed by atoms with van der Waals surface area (Å²) in [5.41, 5.74) is -3.10. The molecule has 5 aliphatic carbocycles. The molecule has 7 nitrogen and oxygen atoms in total. The van der Waals surface area contributed by atoms with Crippen LogP contribution in [0.5, 0.6) is 0 Å². The lowest BCUT2D eigenvalue weighted by Crippen LogP contribution is -2.75. The van der Waals surface area contributed by atoms with Crippen LogP contribution in [-0.4, -0.2) is 56.6 Å². The molecule has 0 amide bonds. The molecule has 36 heavy (non-hydrogen) atoms. The molecule has 0 aromatic rings. The molecule has 2 saturated heterocycles. The summed E-state index contributed by atoms with van der Waals surface area (Å²) in [6.07, 6.45) is 3.32. The highest BCUT2D eigenvalue weighted by molar-refractivity contribution is 6.08. The van der Waals surface area contributed by atoms with E-state index in [0.29, 0.717) is 36.8 Å². The molecule has 6 fully saturated rings. The lowest BCUT2D eigenvalue weighted by molar-refractivity contribution is -0.263. The zero-order valence-corrected chi connectivity index (χ0v) is 22.1. The van der Waals surface area contributed by atoms with Crippen molar-refractivity contribution in [3.8, 4) is 0 Å². The predicted octanol–water partition coefficient (Wildman–Crippen LogP) is 3.38. The van der Waals surface area contributed by atoms with Crippen molar-refractivity contribution >= 4 is 11.8 Å². The van der Waals surface area contributed by atoms with Crippen LogP contribution < -0.4 is 0 Å². The van der Waals surface area contributed by atoms with Gasteiger partial charge in [-0.1, -0.05) is 27.7 Å². The summed E-state index contributed by atoms with van der Waals surface area (Å²) in [5, 5.41) is 33.7. The van der Waals surface area contributed by atoms with Crippen molar-refractivity contribution in [2.24, 2.45) is 39.4 Å². The highest BCUT2D eigenvalue weighted by Crippen LogP contribution is 2.82. The molecule has 0 radical (unpaired) electrons. The van der Waals surface area contributed by atoms with Gasteiger partial charge < -0.3 is 24.8 Å². The molecule has 12 atom stereocenters. The highest BCUT2D eigenvalue weighted by Gasteiger charge is 2.90. The SMILES string of the molecule is CC1=C2[C@H](O)C[C@]3(C)[C@H]([C@@H]4O[C@@H]4[C@@]45OC(=O)[C@]6(CC[C@]43C)CC[C@](C)(O)[C@H](C)[C@H]65)[C@@]2(C)C=C(O)C1=O. The molecule has 0 unspecified atom stereocenters. The number of aliphatic hydroxyl groups excluding tert-OH is 2. The van der Waals surface area contributed by atoms with Crippen LogP contribution in [-0.2, 0) is 19.1 Å². The Hall–Kier alpha value is -1.70. The van der Waals surface area contributed by atoms with E-state index in [0.717, 1.165) is 6.42 Å². The van der Waals surface area contributed by atoms with Gasteiger partial charge in [-0.05, 0) is 68.9 Å². The van der Waals surface area contributed by atoms with E-state index in [1.165, 1.54) is 0 Å². The van der Waals surface area contributed by atoms with Crippen molar-refractivity contribution in [2.45, 2.75) is 103 Å². The van der Waals surface area contributed by atoms with Crippen LogP contribution >= 0.6 is 0 Å². The summed E-state index contributed by atoms with van der Waals surface area (Å²) in [6.45, 7) is 12.1. The normalized spacial score (nSPS) is 60.7. The second-order valence-corrected chi connectivity index (χ2v) is 14.1. The maximum absolute atomic E-state index is 13.8. The monoisotopic (exact) mass is 498 g/mol. The van der Waals surface area contributed by atoms with Crippen LogP contribution in [0.25, 0.3) is 0 Å². The molecule has 3 N–H and O–H groups in total. The van der Waals surface area contributed by atoms with E-state index in [-0.39, 0.29) is 41.7 Å². The number of carbonyl (C=O) groups excluding carboxylic acids is 2. The number of epoxide rings is 1. The fourth-order valence-corrected chi connectivity index (χ4v) is 11.1. The molecule has 7 rings (SSSR count). The summed E-state index contributed by atoms with van der Waals surface area (Å²) in [7, 11) is 0. The Morgan fingerprint density at radius 1 is 1.03 bits per heavy atom. The maximum atomic E-state index is 13.8. The number of ketones is 1. The molecule has 4 saturated carbocycles. The smallest absolute Gasteiger partial charge is 0.313 e. The van der Waals surface area contributed by atoms with Gasteiger partial charge in [-0.2, -0.15) is 0 Å². The lowest BCUT2D eigenvalue weighted by Gasteiger charge is -2.70. The van der Waals surface area contributed by atoms with Crippen LogP contribution in [0.15, 0.2) is 23.0 Å². The number of rotatable bonds is 0. The molecule has 1 spiro atoms. The lowest BCUT2D eigenvalue weighted by atomic mass is 9.32. The number of Topliss-reactive ketones (excluding diaryl/α,β-unsaturated/α-hetero) is 1. The summed E-state index contributed by atoms with van der Waals surface area (Å²) in [6, 6.07) is 0. The zero-order valence-electron chi connectivity index (χ0n) is 22.1. The number of hydrogen-bond donors (Lipinski definition) is 3. The summed E-state index contributed by atoms with van der Waals surface area (Å²) in [5.74, 6) is -1.28. The van der Waals surface area contributed by atoms with Crippen molar-refractivity contribution in [3.63, 3.8) is 0 Å². The molecular weight excluding hydrogens is 460 g/mol. The van der Waals surface area contributed by atoms with Crippen LogP contribution in [0.1, 0.15) is 73.6 Å². The van der Waals surface area contributed by atoms with Crippen molar-refractivity contribution in [1.29, 1.82) is 0 Å². The van der Waals surface area contributed by atoms with Gasteiger partial charge in [0.05, 0.1) is 23.2 Å². The summed E-state index contributed by atoms with van der Waals surface area (Å²) >= 11 is 0. The van der Waals surface area contributed by atoms with Crippen molar-refractivity contribution < 1.29 is 34.4 Å². The van der Waals surface area contributed by atoms with E-state index < -0.39 is 44.7 Å². The van der Waals surface area contributed by atoms with Crippen molar-refractivity contribution in [2.75, 3.05) is 0 Å². The first-order valence-corrected chi connectivity index (χ1v) is 13.6. The van der Waals surface area contributed by atoms with Crippen LogP contribution in [0.2, 0.25) is 0 Å². The van der Waals surface area contributed by atoms with Crippen LogP contribution in [0.3, 0.4) is 0 Å². The minimum absolute atomic E-state index is 0.111. The Kier molecular flexibility index (Phi) is 3.99. The van der Waals surface area contributed by atoms with Gasteiger partial charge >= 0.3 is 5.97 Å². The average molecular weight is 499 g/mol. The molecule has 2 aliphatic heterocycles. The fraction of sp³-hybridized carbons (Fsp3) is 0.793. The maximum Gasteiger partial charge on any atom is 0.313 e. The third-order valence-electron chi connectivity index (χ3n) is 13.0. The Balaban J connectivity index is 1.46. The highest BCUT2D eigenvalue weighted by atomic mass is 16.6. The topological polar surface area (TPSA) is 117 Å². The molecule has 2 bridgehead atoms. The van der Waals surface area contributed by atoms with E-state index >= 15 is 0 Å². The number of esters is 1. The van der Waals surface area contributed by atoms with Gasteiger partial charge in [0, 0.05) is 28.2 Å². The Labute approximate surface area is 211 Å². The molecule has 7 aliphatic rings. The van der Waals surface area contributed by atoms with Gasteiger partial charge in [0.15, 0.2) is 11.4 Å². The van der Waals surface area contributed by atoms with Gasteiger partial charge in [0.1, 0.15) is 6.10 Å². The molecule has 0 aromatic carbocycles. The predicted molar refractivity (Wildman–Crippen MR) is 129 cm³/mol. The minimum atomic E-state index is -0.904. The van der Waals surface area contributed by atoms with E-state index in [2.05, 4.69) is 20.8 Å². The van der Waals surface area contributed by atoms with Gasteiger partial charge in [-0.3, -0.25) is 9.59 Å². The molecule has 0 aromatic heterocycles. The van der Waals surface area contributed by atoms with Crippen LogP contribution in [0, 0.1) is 39.4 Å². The Morgan fingerprint density at radius 2 is 1.69 bits per heavy atom. The van der Waals surface area contributed by atoms with E-state index in [9.17, 15) is 24.9 Å². The second-order valence-electron chi connectivity index (χ2n) is 14.1.